The fraction of sp³-hybridized carbons (Fsp3) is 0.280. The number of fused-ring (bicyclic) bond motifs is 1. The van der Waals surface area contributed by atoms with E-state index in [4.69, 9.17) is 9.26 Å². The average Bonchev–Trinajstić information content (AvgIpc) is 3.56. The second kappa shape index (κ2) is 8.59. The number of ether oxygens (including phenoxy) is 1. The molecule has 1 aliphatic heterocycles. The maximum Gasteiger partial charge on any atom is 0.252 e. The van der Waals surface area contributed by atoms with E-state index in [9.17, 15) is 9.18 Å². The Morgan fingerprint density at radius 1 is 1.19 bits per heavy atom. The number of hydrogen-bond acceptors (Lipinski definition) is 4. The molecule has 0 aliphatic carbocycles. The summed E-state index contributed by atoms with van der Waals surface area (Å²) in [6.45, 7) is 0.966. The minimum Gasteiger partial charge on any atom is -0.365 e. The lowest BCUT2D eigenvalue weighted by molar-refractivity contribution is -0.141. The van der Waals surface area contributed by atoms with Crippen LogP contribution in [0.2, 0.25) is 0 Å². The number of aromatic amines is 1. The van der Waals surface area contributed by atoms with Gasteiger partial charge in [0.25, 0.3) is 5.91 Å². The lowest BCUT2D eigenvalue weighted by Gasteiger charge is -2.26. The van der Waals surface area contributed by atoms with Gasteiger partial charge in [0.2, 0.25) is 0 Å². The first kappa shape index (κ1) is 20.5. The molecule has 2 aromatic carbocycles. The van der Waals surface area contributed by atoms with Gasteiger partial charge in [-0.25, -0.2) is 4.39 Å². The van der Waals surface area contributed by atoms with E-state index in [1.807, 2.05) is 42.6 Å². The maximum atomic E-state index is 13.6. The van der Waals surface area contributed by atoms with E-state index in [0.717, 1.165) is 34.1 Å². The highest BCUT2D eigenvalue weighted by molar-refractivity contribution is 5.86. The van der Waals surface area contributed by atoms with E-state index in [1.165, 1.54) is 12.1 Å². The number of halogens is 1. The molecule has 2 N–H and O–H groups in total. The smallest absolute Gasteiger partial charge is 0.252 e. The van der Waals surface area contributed by atoms with Gasteiger partial charge in [0.1, 0.15) is 17.3 Å². The number of amides is 1. The van der Waals surface area contributed by atoms with Gasteiger partial charge in [-0.15, -0.1) is 0 Å². The molecule has 0 bridgehead atoms. The molecule has 1 unspecified atom stereocenters. The van der Waals surface area contributed by atoms with Crippen LogP contribution < -0.4 is 5.32 Å². The summed E-state index contributed by atoms with van der Waals surface area (Å²) >= 11 is 0. The van der Waals surface area contributed by atoms with E-state index >= 15 is 0 Å². The molecular weight excluding hydrogens is 409 g/mol. The second-order valence-electron chi connectivity index (χ2n) is 8.18. The summed E-state index contributed by atoms with van der Waals surface area (Å²) in [4.78, 5) is 16.3. The summed E-state index contributed by atoms with van der Waals surface area (Å²) in [5, 5.41) is 8.00. The normalized spacial score (nSPS) is 18.3. The Kier molecular flexibility index (Phi) is 5.49. The van der Waals surface area contributed by atoms with Crippen molar-refractivity contribution in [2.75, 3.05) is 13.2 Å². The van der Waals surface area contributed by atoms with Crippen LogP contribution in [0, 0.1) is 5.82 Å². The van der Waals surface area contributed by atoms with E-state index in [0.29, 0.717) is 38.2 Å². The number of carbonyl (C=O) groups is 1. The lowest BCUT2D eigenvalue weighted by atomic mass is 9.93. The molecule has 0 spiro atoms. The van der Waals surface area contributed by atoms with E-state index in [2.05, 4.69) is 15.5 Å². The average molecular weight is 433 g/mol. The Morgan fingerprint density at radius 2 is 2.06 bits per heavy atom. The van der Waals surface area contributed by atoms with Gasteiger partial charge in [-0.3, -0.25) is 4.79 Å². The third kappa shape index (κ3) is 4.03. The Bertz CT molecular complexity index is 1230. The fourth-order valence-electron chi connectivity index (χ4n) is 4.35. The first-order chi connectivity index (χ1) is 15.6. The zero-order valence-corrected chi connectivity index (χ0v) is 17.6. The Balaban J connectivity index is 1.25. The van der Waals surface area contributed by atoms with Crippen LogP contribution in [0.15, 0.2) is 65.3 Å². The molecular formula is C25H24FN3O3. The third-order valence-corrected chi connectivity index (χ3v) is 6.01. The van der Waals surface area contributed by atoms with Gasteiger partial charge < -0.3 is 19.6 Å². The Labute approximate surface area is 184 Å². The molecule has 1 amide bonds. The van der Waals surface area contributed by atoms with Crippen LogP contribution in [0.1, 0.15) is 24.2 Å². The number of nitrogens with one attached hydrogen (secondary N) is 2. The second-order valence-corrected chi connectivity index (χ2v) is 8.18. The minimum atomic E-state index is -0.959. The van der Waals surface area contributed by atoms with Crippen molar-refractivity contribution in [3.05, 3.63) is 77.9 Å². The Morgan fingerprint density at radius 3 is 2.88 bits per heavy atom. The molecule has 4 aromatic rings. The van der Waals surface area contributed by atoms with Gasteiger partial charge in [-0.05, 0) is 43.0 Å². The first-order valence-electron chi connectivity index (χ1n) is 10.8. The van der Waals surface area contributed by atoms with Crippen molar-refractivity contribution in [3.8, 4) is 11.3 Å². The number of H-pyrrole nitrogens is 1. The summed E-state index contributed by atoms with van der Waals surface area (Å²) in [6.07, 6.45) is 4.22. The quantitative estimate of drug-likeness (QED) is 0.452. The van der Waals surface area contributed by atoms with E-state index in [1.54, 1.807) is 6.07 Å². The van der Waals surface area contributed by atoms with Gasteiger partial charge in [0, 0.05) is 48.3 Å². The van der Waals surface area contributed by atoms with Crippen LogP contribution in [0.25, 0.3) is 22.2 Å². The van der Waals surface area contributed by atoms with Crippen molar-refractivity contribution in [2.45, 2.75) is 31.3 Å². The van der Waals surface area contributed by atoms with Crippen molar-refractivity contribution in [2.24, 2.45) is 0 Å². The lowest BCUT2D eigenvalue weighted by Crippen LogP contribution is -2.48. The van der Waals surface area contributed by atoms with Crippen LogP contribution in [0.5, 0.6) is 0 Å². The molecule has 1 aliphatic rings. The van der Waals surface area contributed by atoms with Gasteiger partial charge in [0.05, 0.1) is 0 Å². The van der Waals surface area contributed by atoms with Crippen molar-refractivity contribution in [3.63, 3.8) is 0 Å². The molecule has 1 fully saturated rings. The third-order valence-electron chi connectivity index (χ3n) is 6.01. The first-order valence-corrected chi connectivity index (χ1v) is 10.8. The van der Waals surface area contributed by atoms with E-state index in [-0.39, 0.29) is 11.7 Å². The molecule has 0 radical (unpaired) electrons. The standard InChI is InChI=1S/C25H24FN3O3/c26-19-7-8-22-21(13-19)18(16-28-22)9-11-27-24(30)25(10-4-12-31-25)15-20-14-23(29-32-20)17-5-2-1-3-6-17/h1-3,5-8,13-14,16,28H,4,9-12,15H2,(H,27,30). The monoisotopic (exact) mass is 433 g/mol. The zero-order chi connectivity index (χ0) is 22.0. The summed E-state index contributed by atoms with van der Waals surface area (Å²) < 4.78 is 25.1. The highest BCUT2D eigenvalue weighted by atomic mass is 19.1. The summed E-state index contributed by atoms with van der Waals surface area (Å²) in [5.41, 5.74) is 2.58. The minimum absolute atomic E-state index is 0.154. The Hall–Kier alpha value is -3.45. The molecule has 5 rings (SSSR count). The summed E-state index contributed by atoms with van der Waals surface area (Å²) in [5.74, 6) is 0.189. The summed E-state index contributed by atoms with van der Waals surface area (Å²) in [6, 6.07) is 16.3. The number of rotatable bonds is 7. The van der Waals surface area contributed by atoms with Crippen LogP contribution in [0.3, 0.4) is 0 Å². The fourth-order valence-corrected chi connectivity index (χ4v) is 4.35. The van der Waals surface area contributed by atoms with Crippen LogP contribution in [-0.2, 0) is 22.4 Å². The molecule has 6 nitrogen and oxygen atoms in total. The highest BCUT2D eigenvalue weighted by Gasteiger charge is 2.43. The predicted molar refractivity (Wildman–Crippen MR) is 119 cm³/mol. The summed E-state index contributed by atoms with van der Waals surface area (Å²) in [7, 11) is 0. The number of carbonyl (C=O) groups excluding carboxylic acids is 1. The molecule has 164 valence electrons. The molecule has 7 heteroatoms. The number of nitrogens with zero attached hydrogens (tertiary/aromatic N) is 1. The number of benzene rings is 2. The topological polar surface area (TPSA) is 80.2 Å². The maximum absolute atomic E-state index is 13.6. The van der Waals surface area contributed by atoms with Crippen molar-refractivity contribution in [1.82, 2.24) is 15.5 Å². The van der Waals surface area contributed by atoms with Gasteiger partial charge in [0.15, 0.2) is 5.60 Å². The molecule has 32 heavy (non-hydrogen) atoms. The molecule has 1 saturated heterocycles. The van der Waals surface area contributed by atoms with Gasteiger partial charge in [-0.1, -0.05) is 35.5 Å². The predicted octanol–water partition coefficient (Wildman–Crippen LogP) is 4.41. The highest BCUT2D eigenvalue weighted by Crippen LogP contribution is 2.31. The van der Waals surface area contributed by atoms with E-state index < -0.39 is 5.60 Å². The number of aromatic nitrogens is 2. The van der Waals surface area contributed by atoms with Crippen LogP contribution in [-0.4, -0.2) is 34.8 Å². The molecule has 1 atom stereocenters. The van der Waals surface area contributed by atoms with Crippen LogP contribution >= 0.6 is 0 Å². The molecule has 0 saturated carbocycles. The SMILES string of the molecule is O=C(NCCc1c[nH]c2ccc(F)cc12)C1(Cc2cc(-c3ccccc3)no2)CCCO1. The number of hydrogen-bond donors (Lipinski definition) is 2. The van der Waals surface area contributed by atoms with Gasteiger partial charge in [-0.2, -0.15) is 0 Å². The van der Waals surface area contributed by atoms with Crippen LogP contribution in [0.4, 0.5) is 4.39 Å². The largest absolute Gasteiger partial charge is 0.365 e. The molecule has 2 aromatic heterocycles. The van der Waals surface area contributed by atoms with Crippen molar-refractivity contribution < 1.29 is 18.4 Å². The van der Waals surface area contributed by atoms with Crippen molar-refractivity contribution >= 4 is 16.8 Å². The zero-order valence-electron chi connectivity index (χ0n) is 17.6. The van der Waals surface area contributed by atoms with Crippen molar-refractivity contribution in [1.29, 1.82) is 0 Å². The molecule has 3 heterocycles. The van der Waals surface area contributed by atoms with Gasteiger partial charge >= 0.3 is 0 Å².